The molecule has 0 bridgehead atoms. The fourth-order valence-corrected chi connectivity index (χ4v) is 1.30. The summed E-state index contributed by atoms with van der Waals surface area (Å²) in [6.07, 6.45) is -10.5. The van der Waals surface area contributed by atoms with Gasteiger partial charge in [-0.1, -0.05) is 6.07 Å². The number of nitrogens with two attached hydrogens (primary N) is 1. The van der Waals surface area contributed by atoms with E-state index >= 15 is 0 Å². The van der Waals surface area contributed by atoms with Crippen LogP contribution in [0.2, 0.25) is 0 Å². The minimum atomic E-state index is -5.31. The van der Waals surface area contributed by atoms with Gasteiger partial charge in [0.25, 0.3) is 0 Å². The van der Waals surface area contributed by atoms with E-state index in [9.17, 15) is 31.1 Å². The largest absolute Gasteiger partial charge is 0.417 e. The van der Waals surface area contributed by atoms with Gasteiger partial charge in [0.1, 0.15) is 0 Å². The third-order valence-electron chi connectivity index (χ3n) is 1.92. The summed E-state index contributed by atoms with van der Waals surface area (Å²) in [5.74, 6) is -1.57. The van der Waals surface area contributed by atoms with Crippen molar-refractivity contribution in [3.63, 3.8) is 0 Å². The molecule has 1 aromatic rings. The Morgan fingerprint density at radius 3 is 1.88 bits per heavy atom. The summed E-state index contributed by atoms with van der Waals surface area (Å²) in [5, 5.41) is 0. The monoisotopic (exact) mass is 257 g/mol. The molecule has 0 saturated carbocycles. The lowest BCUT2D eigenvalue weighted by atomic mass is 9.99. The molecule has 0 aromatic heterocycles. The molecule has 0 heterocycles. The number of halogens is 6. The first-order valence-electron chi connectivity index (χ1n) is 4.12. The van der Waals surface area contributed by atoms with Gasteiger partial charge in [-0.25, -0.2) is 0 Å². The first-order chi connectivity index (χ1) is 7.55. The average molecular weight is 257 g/mol. The zero-order valence-corrected chi connectivity index (χ0v) is 7.99. The quantitative estimate of drug-likeness (QED) is 0.772. The predicted molar refractivity (Wildman–Crippen MR) is 45.0 cm³/mol. The van der Waals surface area contributed by atoms with E-state index in [1.807, 2.05) is 0 Å². The highest BCUT2D eigenvalue weighted by Gasteiger charge is 2.45. The Hall–Kier alpha value is -1.73. The molecule has 1 amide bonds. The molecule has 0 saturated heterocycles. The predicted octanol–water partition coefficient (Wildman–Crippen LogP) is 2.82. The molecule has 0 radical (unpaired) electrons. The smallest absolute Gasteiger partial charge is 0.366 e. The van der Waals surface area contributed by atoms with E-state index in [0.29, 0.717) is 12.1 Å². The number of rotatable bonds is 1. The topological polar surface area (TPSA) is 43.1 Å². The maximum atomic E-state index is 12.5. The summed E-state index contributed by atoms with van der Waals surface area (Å²) in [6, 6.07) is 1.54. The van der Waals surface area contributed by atoms with Crippen molar-refractivity contribution < 1.29 is 31.1 Å². The second-order valence-corrected chi connectivity index (χ2v) is 3.09. The van der Waals surface area contributed by atoms with Crippen LogP contribution in [0.15, 0.2) is 18.2 Å². The summed E-state index contributed by atoms with van der Waals surface area (Å²) in [6.45, 7) is 0. The molecule has 0 spiro atoms. The molecule has 0 aliphatic heterocycles. The second kappa shape index (κ2) is 3.94. The Labute approximate surface area is 91.0 Å². The number of primary amides is 1. The Morgan fingerprint density at radius 2 is 1.53 bits per heavy atom. The van der Waals surface area contributed by atoms with Crippen LogP contribution in [-0.2, 0) is 12.4 Å². The molecule has 1 aromatic carbocycles. The molecule has 17 heavy (non-hydrogen) atoms. The third kappa shape index (κ3) is 2.69. The average Bonchev–Trinajstić information content (AvgIpc) is 2.13. The van der Waals surface area contributed by atoms with Crippen molar-refractivity contribution in [1.82, 2.24) is 0 Å². The molecule has 94 valence electrons. The number of hydrogen-bond donors (Lipinski definition) is 1. The zero-order valence-electron chi connectivity index (χ0n) is 7.99. The van der Waals surface area contributed by atoms with Crippen molar-refractivity contribution >= 4 is 5.91 Å². The van der Waals surface area contributed by atoms with E-state index in [4.69, 9.17) is 0 Å². The summed E-state index contributed by atoms with van der Waals surface area (Å²) in [5.41, 5.74) is -0.569. The molecule has 2 N–H and O–H groups in total. The maximum absolute atomic E-state index is 12.5. The normalized spacial score (nSPS) is 12.6. The van der Waals surface area contributed by atoms with Crippen LogP contribution >= 0.6 is 0 Å². The first-order valence-corrected chi connectivity index (χ1v) is 4.12. The van der Waals surface area contributed by atoms with Crippen LogP contribution in [-0.4, -0.2) is 5.91 Å². The van der Waals surface area contributed by atoms with Gasteiger partial charge >= 0.3 is 12.4 Å². The van der Waals surface area contributed by atoms with Crippen molar-refractivity contribution in [3.05, 3.63) is 34.9 Å². The van der Waals surface area contributed by atoms with E-state index in [1.54, 1.807) is 0 Å². The van der Waals surface area contributed by atoms with Crippen LogP contribution in [0.25, 0.3) is 0 Å². The van der Waals surface area contributed by atoms with Gasteiger partial charge in [-0.3, -0.25) is 4.79 Å². The molecule has 2 nitrogen and oxygen atoms in total. The van der Waals surface area contributed by atoms with E-state index < -0.39 is 35.0 Å². The Bertz CT molecular complexity index is 448. The van der Waals surface area contributed by atoms with Crippen LogP contribution in [0.1, 0.15) is 21.5 Å². The summed E-state index contributed by atoms with van der Waals surface area (Å²) >= 11 is 0. The number of carbonyl (C=O) groups excluding carboxylic acids is 1. The number of alkyl halides is 6. The standard InChI is InChI=1S/C9H5F6NO/c10-8(11,12)5-3-1-2-4(7(16)17)6(5)9(13,14)15/h1-3H,(H2,16,17). The fraction of sp³-hybridized carbons (Fsp3) is 0.222. The van der Waals surface area contributed by atoms with E-state index in [1.165, 1.54) is 0 Å². The molecule has 8 heteroatoms. The van der Waals surface area contributed by atoms with E-state index in [2.05, 4.69) is 5.73 Å². The summed E-state index contributed by atoms with van der Waals surface area (Å²) < 4.78 is 74.6. The van der Waals surface area contributed by atoms with Crippen molar-refractivity contribution in [3.8, 4) is 0 Å². The third-order valence-corrected chi connectivity index (χ3v) is 1.92. The van der Waals surface area contributed by atoms with Crippen LogP contribution < -0.4 is 5.73 Å². The summed E-state index contributed by atoms with van der Waals surface area (Å²) in [4.78, 5) is 10.7. The number of benzene rings is 1. The highest BCUT2D eigenvalue weighted by molar-refractivity contribution is 5.95. The molecule has 0 aliphatic rings. The van der Waals surface area contributed by atoms with Crippen molar-refractivity contribution in [2.45, 2.75) is 12.4 Å². The second-order valence-electron chi connectivity index (χ2n) is 3.09. The molecular weight excluding hydrogens is 252 g/mol. The highest BCUT2D eigenvalue weighted by atomic mass is 19.4. The lowest BCUT2D eigenvalue weighted by molar-refractivity contribution is -0.162. The first kappa shape index (κ1) is 13.3. The van der Waals surface area contributed by atoms with Crippen molar-refractivity contribution in [1.29, 1.82) is 0 Å². The van der Waals surface area contributed by atoms with Crippen LogP contribution in [0.5, 0.6) is 0 Å². The number of amides is 1. The lowest BCUT2D eigenvalue weighted by Gasteiger charge is -2.17. The van der Waals surface area contributed by atoms with Gasteiger partial charge in [0.15, 0.2) is 0 Å². The molecule has 0 atom stereocenters. The van der Waals surface area contributed by atoms with Gasteiger partial charge in [0.05, 0.1) is 16.7 Å². The van der Waals surface area contributed by atoms with Gasteiger partial charge in [-0.05, 0) is 12.1 Å². The van der Waals surface area contributed by atoms with Gasteiger partial charge in [0, 0.05) is 0 Å². The minimum absolute atomic E-state index is 0.245. The van der Waals surface area contributed by atoms with Crippen molar-refractivity contribution in [2.24, 2.45) is 5.73 Å². The maximum Gasteiger partial charge on any atom is 0.417 e. The van der Waals surface area contributed by atoms with E-state index in [0.717, 1.165) is 0 Å². The molecule has 0 aliphatic carbocycles. The Morgan fingerprint density at radius 1 is 1.00 bits per heavy atom. The van der Waals surface area contributed by atoms with Crippen molar-refractivity contribution in [2.75, 3.05) is 0 Å². The van der Waals surface area contributed by atoms with Gasteiger partial charge < -0.3 is 5.73 Å². The van der Waals surface area contributed by atoms with Gasteiger partial charge in [-0.2, -0.15) is 26.3 Å². The Balaban J connectivity index is 3.64. The SMILES string of the molecule is NC(=O)c1cccc(C(F)(F)F)c1C(F)(F)F. The zero-order chi connectivity index (χ0) is 13.4. The lowest BCUT2D eigenvalue weighted by Crippen LogP contribution is -2.23. The Kier molecular flexibility index (Phi) is 3.09. The highest BCUT2D eigenvalue weighted by Crippen LogP contribution is 2.41. The van der Waals surface area contributed by atoms with Crippen LogP contribution in [0, 0.1) is 0 Å². The number of carbonyl (C=O) groups is 1. The summed E-state index contributed by atoms with van der Waals surface area (Å²) in [7, 11) is 0. The molecule has 0 unspecified atom stereocenters. The molecule has 1 rings (SSSR count). The van der Waals surface area contributed by atoms with Crippen LogP contribution in [0.3, 0.4) is 0 Å². The fourth-order valence-electron chi connectivity index (χ4n) is 1.30. The van der Waals surface area contributed by atoms with E-state index in [-0.39, 0.29) is 6.07 Å². The van der Waals surface area contributed by atoms with Crippen LogP contribution in [0.4, 0.5) is 26.3 Å². The number of hydrogen-bond acceptors (Lipinski definition) is 1. The minimum Gasteiger partial charge on any atom is -0.366 e. The van der Waals surface area contributed by atoms with Gasteiger partial charge in [0.2, 0.25) is 5.91 Å². The van der Waals surface area contributed by atoms with Gasteiger partial charge in [-0.15, -0.1) is 0 Å². The molecule has 0 fully saturated rings. The molecular formula is C9H5F6NO.